The molecule has 2 aliphatic heterocycles. The highest BCUT2D eigenvalue weighted by atomic mass is 31.3. The fraction of sp³-hybridized carbons (Fsp3) is 0.600. The Morgan fingerprint density at radius 3 is 2.50 bits per heavy atom. The summed E-state index contributed by atoms with van der Waals surface area (Å²) >= 11 is 0. The number of imidazole rings is 1. The summed E-state index contributed by atoms with van der Waals surface area (Å²) in [7, 11) is -15.2. The third kappa shape index (κ3) is 6.17. The van der Waals surface area contributed by atoms with Crippen LogP contribution in [0.2, 0.25) is 0 Å². The van der Waals surface area contributed by atoms with E-state index in [0.717, 1.165) is 0 Å². The molecule has 3 rings (SSSR count). The second-order valence-electron chi connectivity index (χ2n) is 6.19. The number of ether oxygens (including phenoxy) is 1. The van der Waals surface area contributed by atoms with Crippen molar-refractivity contribution >= 4 is 36.2 Å². The normalized spacial score (nSPS) is 25.1. The molecule has 0 radical (unpaired) electrons. The van der Waals surface area contributed by atoms with Crippen LogP contribution < -0.4 is 16.4 Å². The van der Waals surface area contributed by atoms with Gasteiger partial charge in [0.2, 0.25) is 0 Å². The zero-order chi connectivity index (χ0) is 22.3. The number of fused-ring (bicyclic) bond motifs is 1. The number of hydrogen-bond donors (Lipinski definition) is 10. The molecular weight excluding hydrogens is 475 g/mol. The maximum absolute atomic E-state index is 11.9. The Kier molecular flexibility index (Phi) is 6.92. The van der Waals surface area contributed by atoms with Crippen LogP contribution in [-0.4, -0.2) is 68.7 Å². The molecule has 1 aromatic rings. The van der Waals surface area contributed by atoms with Crippen molar-refractivity contribution in [2.24, 2.45) is 5.73 Å². The van der Waals surface area contributed by atoms with E-state index in [9.17, 15) is 24.4 Å². The lowest BCUT2D eigenvalue weighted by Crippen LogP contribution is -2.51. The van der Waals surface area contributed by atoms with Gasteiger partial charge in [-0.3, -0.25) is 15.1 Å². The summed E-state index contributed by atoms with van der Waals surface area (Å²) in [5, 5.41) is 5.30. The van der Waals surface area contributed by atoms with Crippen LogP contribution in [0.15, 0.2) is 6.33 Å². The quantitative estimate of drug-likeness (QED) is 0.174. The van der Waals surface area contributed by atoms with E-state index >= 15 is 0 Å². The summed E-state index contributed by atoms with van der Waals surface area (Å²) in [5.41, 5.74) is 5.80. The van der Waals surface area contributed by atoms with Crippen molar-refractivity contribution in [2.75, 3.05) is 11.9 Å². The van der Waals surface area contributed by atoms with E-state index in [1.807, 2.05) is 0 Å². The number of carbonyl (C=O) groups is 1. The molecule has 3 atom stereocenters. The van der Waals surface area contributed by atoms with Crippen LogP contribution in [0.4, 0.5) is 5.82 Å². The number of rotatable bonds is 8. The van der Waals surface area contributed by atoms with Gasteiger partial charge < -0.3 is 15.4 Å². The van der Waals surface area contributed by atoms with Crippen molar-refractivity contribution in [1.82, 2.24) is 14.9 Å². The van der Waals surface area contributed by atoms with Gasteiger partial charge in [0.25, 0.3) is 5.91 Å². The number of amides is 1. The van der Waals surface area contributed by atoms with E-state index in [0.29, 0.717) is 18.7 Å². The Morgan fingerprint density at radius 2 is 1.83 bits per heavy atom. The zero-order valence-corrected chi connectivity index (χ0v) is 17.6. The first-order valence-electron chi connectivity index (χ1n) is 8.13. The molecule has 1 saturated heterocycles. The van der Waals surface area contributed by atoms with Gasteiger partial charge in [-0.25, -0.2) is 4.98 Å². The molecule has 3 heterocycles. The number of carbonyl (C=O) groups excluding carboxylic acids is 1. The molecule has 0 spiro atoms. The van der Waals surface area contributed by atoms with Gasteiger partial charge in [0, 0.05) is 0 Å². The SMILES string of the molecule is NC1NC(=O)c2ncn([C@H]3CC[C@@H](CO[P+](O)(O)O[P+](O)(O)O[P+](O)(O)O)O3)c2N1. The first-order chi connectivity index (χ1) is 13.7. The van der Waals surface area contributed by atoms with Crippen molar-refractivity contribution in [3.05, 3.63) is 12.0 Å². The van der Waals surface area contributed by atoms with Gasteiger partial charge in [0.15, 0.2) is 12.0 Å². The fourth-order valence-corrected chi connectivity index (χ4v) is 5.98. The van der Waals surface area contributed by atoms with E-state index in [-0.39, 0.29) is 5.69 Å². The lowest BCUT2D eigenvalue weighted by molar-refractivity contribution is -0.0246. The van der Waals surface area contributed by atoms with Gasteiger partial charge in [0.05, 0.1) is 21.1 Å². The van der Waals surface area contributed by atoms with Crippen LogP contribution in [-0.2, 0) is 17.9 Å². The molecule has 0 aromatic carbocycles. The summed E-state index contributed by atoms with van der Waals surface area (Å²) in [5.74, 6) is -0.106. The van der Waals surface area contributed by atoms with Crippen LogP contribution in [0.3, 0.4) is 0 Å². The van der Waals surface area contributed by atoms with Gasteiger partial charge in [-0.05, 0) is 12.8 Å². The zero-order valence-electron chi connectivity index (χ0n) is 14.9. The smallest absolute Gasteiger partial charge is 0.352 e. The highest BCUT2D eigenvalue weighted by Crippen LogP contribution is 2.75. The number of nitrogens with two attached hydrogens (primary N) is 1. The van der Waals surface area contributed by atoms with Crippen molar-refractivity contribution < 1.29 is 56.9 Å². The number of anilines is 1. The van der Waals surface area contributed by atoms with E-state index in [1.165, 1.54) is 6.33 Å². The molecule has 1 unspecified atom stereocenters. The number of nitrogens with one attached hydrogen (secondary N) is 2. The molecule has 0 saturated carbocycles. The Hall–Kier alpha value is -0.710. The van der Waals surface area contributed by atoms with Crippen molar-refractivity contribution in [3.63, 3.8) is 0 Å². The largest absolute Gasteiger partial charge is 0.667 e. The Labute approximate surface area is 170 Å². The van der Waals surface area contributed by atoms with E-state index < -0.39 is 55.6 Å². The van der Waals surface area contributed by atoms with E-state index in [1.54, 1.807) is 4.57 Å². The minimum absolute atomic E-state index is 0.130. The van der Waals surface area contributed by atoms with Gasteiger partial charge in [-0.1, -0.05) is 0 Å². The molecule has 1 fully saturated rings. The Balaban J connectivity index is 1.55. The third-order valence-corrected chi connectivity index (χ3v) is 7.75. The minimum atomic E-state index is -5.21. The van der Waals surface area contributed by atoms with Gasteiger partial charge in [-0.15, -0.1) is 4.52 Å². The maximum atomic E-state index is 11.9. The molecule has 1 amide bonds. The Bertz CT molecular complexity index is 787. The maximum Gasteiger partial charge on any atom is 0.667 e. The molecule has 11 N–H and O–H groups in total. The second kappa shape index (κ2) is 8.67. The molecule has 0 bridgehead atoms. The lowest BCUT2D eigenvalue weighted by atomic mass is 10.2. The van der Waals surface area contributed by atoms with Crippen molar-refractivity contribution in [2.45, 2.75) is 31.5 Å². The second-order valence-corrected chi connectivity index (χ2v) is 10.7. The van der Waals surface area contributed by atoms with Gasteiger partial charge in [0.1, 0.15) is 18.7 Å². The molecular formula is C10H21N5O12P3+3. The highest BCUT2D eigenvalue weighted by Gasteiger charge is 2.68. The van der Waals surface area contributed by atoms with Crippen LogP contribution in [0.25, 0.3) is 0 Å². The predicted octanol–water partition coefficient (Wildman–Crippen LogP) is -2.01. The van der Waals surface area contributed by atoms with Crippen LogP contribution >= 0.6 is 24.5 Å². The van der Waals surface area contributed by atoms with Gasteiger partial charge in [-0.2, -0.15) is 34.3 Å². The number of nitrogens with zero attached hydrogens (tertiary/aromatic N) is 2. The topological polar surface area (TPSA) is 263 Å². The first kappa shape index (κ1) is 23.9. The molecule has 2 aliphatic rings. The average Bonchev–Trinajstić information content (AvgIpc) is 3.15. The lowest BCUT2D eigenvalue weighted by Gasteiger charge is -2.25. The van der Waals surface area contributed by atoms with E-state index in [4.69, 9.17) is 29.7 Å². The van der Waals surface area contributed by atoms with Gasteiger partial charge >= 0.3 is 24.5 Å². The predicted molar refractivity (Wildman–Crippen MR) is 98.8 cm³/mol. The Morgan fingerprint density at radius 1 is 1.13 bits per heavy atom. The molecule has 30 heavy (non-hydrogen) atoms. The monoisotopic (exact) mass is 496 g/mol. The average molecular weight is 496 g/mol. The van der Waals surface area contributed by atoms with Crippen LogP contribution in [0, 0.1) is 0 Å². The van der Waals surface area contributed by atoms with Crippen molar-refractivity contribution in [1.29, 1.82) is 0 Å². The number of aromatic nitrogens is 2. The molecule has 17 nitrogen and oxygen atoms in total. The summed E-state index contributed by atoms with van der Waals surface area (Å²) in [6.07, 6.45) is 0.110. The third-order valence-electron chi connectivity index (χ3n) is 3.84. The molecule has 20 heteroatoms. The molecule has 0 aliphatic carbocycles. The molecule has 1 aromatic heterocycles. The first-order valence-corrected chi connectivity index (χ1v) is 12.8. The van der Waals surface area contributed by atoms with Crippen molar-refractivity contribution in [3.8, 4) is 0 Å². The number of hydrogen-bond acceptors (Lipinski definition) is 15. The fourth-order valence-electron chi connectivity index (χ4n) is 2.80. The molecule has 170 valence electrons. The summed E-state index contributed by atoms with van der Waals surface area (Å²) in [6.45, 7) is -0.459. The van der Waals surface area contributed by atoms with Crippen LogP contribution in [0.5, 0.6) is 0 Å². The van der Waals surface area contributed by atoms with E-state index in [2.05, 4.69) is 24.2 Å². The van der Waals surface area contributed by atoms with Crippen LogP contribution in [0.1, 0.15) is 29.6 Å². The summed E-state index contributed by atoms with van der Waals surface area (Å²) in [6, 6.07) is 0. The summed E-state index contributed by atoms with van der Waals surface area (Å²) < 4.78 is 19.7. The minimum Gasteiger partial charge on any atom is -0.352 e. The summed E-state index contributed by atoms with van der Waals surface area (Å²) in [4.78, 5) is 79.8. The standard InChI is InChI=1S/C10H20N5O12P3/c11-10-13-8-7(9(16)14-10)12-4-15(8)6-2-1-5(25-6)3-24-29(20,21)27-30(22,23)26-28(17,18)19/h4-6,10,17-23H,1-3,11H2,(H-,13,14,16)/q+2/p+1/t5-,6+,10?/m0/s1. The highest BCUT2D eigenvalue weighted by molar-refractivity contribution is 7.73.